The summed E-state index contributed by atoms with van der Waals surface area (Å²) in [5.74, 6) is 0.518. The third kappa shape index (κ3) is 4.18. The van der Waals surface area contributed by atoms with Crippen LogP contribution in [-0.2, 0) is 4.74 Å². The summed E-state index contributed by atoms with van der Waals surface area (Å²) >= 11 is 3.39. The fourth-order valence-electron chi connectivity index (χ4n) is 1.29. The van der Waals surface area contributed by atoms with E-state index in [0.717, 1.165) is 10.2 Å². The topological polar surface area (TPSA) is 34.1 Å². The molecular formula is C11H17BrN2O. The lowest BCUT2D eigenvalue weighted by molar-refractivity contribution is 0.171. The van der Waals surface area contributed by atoms with E-state index in [1.54, 1.807) is 13.3 Å². The van der Waals surface area contributed by atoms with E-state index in [-0.39, 0.29) is 0 Å². The van der Waals surface area contributed by atoms with Crippen molar-refractivity contribution in [3.63, 3.8) is 0 Å². The first-order valence-corrected chi connectivity index (χ1v) is 5.78. The van der Waals surface area contributed by atoms with Crippen molar-refractivity contribution in [2.75, 3.05) is 19.0 Å². The molecule has 15 heavy (non-hydrogen) atoms. The fourth-order valence-corrected chi connectivity index (χ4v) is 1.65. The molecule has 1 rings (SSSR count). The molecule has 0 aromatic carbocycles. The molecular weight excluding hydrogens is 256 g/mol. The number of rotatable bonds is 5. The van der Waals surface area contributed by atoms with Gasteiger partial charge in [0.1, 0.15) is 0 Å². The van der Waals surface area contributed by atoms with Gasteiger partial charge < -0.3 is 10.1 Å². The van der Waals surface area contributed by atoms with Crippen LogP contribution in [0.1, 0.15) is 13.8 Å². The number of hydrogen-bond donors (Lipinski definition) is 1. The summed E-state index contributed by atoms with van der Waals surface area (Å²) in [6, 6.07) is 2.32. The number of aromatic nitrogens is 1. The largest absolute Gasteiger partial charge is 0.383 e. The van der Waals surface area contributed by atoms with Crippen molar-refractivity contribution < 1.29 is 4.74 Å². The van der Waals surface area contributed by atoms with E-state index >= 15 is 0 Å². The molecule has 0 saturated carbocycles. The minimum atomic E-state index is 0.311. The van der Waals surface area contributed by atoms with E-state index in [9.17, 15) is 0 Å². The molecule has 0 aliphatic rings. The van der Waals surface area contributed by atoms with Crippen molar-refractivity contribution in [2.45, 2.75) is 19.9 Å². The number of nitrogens with zero attached hydrogens (tertiary/aromatic N) is 1. The molecule has 0 aliphatic heterocycles. The maximum atomic E-state index is 5.17. The zero-order chi connectivity index (χ0) is 11.3. The molecule has 1 aromatic heterocycles. The van der Waals surface area contributed by atoms with E-state index in [1.807, 2.05) is 12.3 Å². The second-order valence-corrected chi connectivity index (χ2v) is 4.76. The highest BCUT2D eigenvalue weighted by atomic mass is 79.9. The molecule has 0 bridgehead atoms. The zero-order valence-corrected chi connectivity index (χ0v) is 10.9. The van der Waals surface area contributed by atoms with Gasteiger partial charge in [0.2, 0.25) is 0 Å². The Balaban J connectivity index is 2.65. The second kappa shape index (κ2) is 6.08. The van der Waals surface area contributed by atoms with Crippen LogP contribution in [-0.4, -0.2) is 24.7 Å². The molecule has 84 valence electrons. The average molecular weight is 273 g/mol. The standard InChI is InChI=1S/C11H17BrN2O/c1-8(2)11(7-15-3)14-10-4-9(12)5-13-6-10/h4-6,8,11,14H,7H2,1-3H3. The van der Waals surface area contributed by atoms with Crippen molar-refractivity contribution >= 4 is 21.6 Å². The molecule has 1 unspecified atom stereocenters. The highest BCUT2D eigenvalue weighted by Gasteiger charge is 2.12. The average Bonchev–Trinajstić information content (AvgIpc) is 2.17. The SMILES string of the molecule is COCC(Nc1cncc(Br)c1)C(C)C. The number of halogens is 1. The zero-order valence-electron chi connectivity index (χ0n) is 9.33. The highest BCUT2D eigenvalue weighted by Crippen LogP contribution is 2.16. The minimum absolute atomic E-state index is 0.311. The summed E-state index contributed by atoms with van der Waals surface area (Å²) in [7, 11) is 1.72. The number of anilines is 1. The summed E-state index contributed by atoms with van der Waals surface area (Å²) in [6.07, 6.45) is 3.59. The normalized spacial score (nSPS) is 12.9. The molecule has 1 aromatic rings. The first kappa shape index (κ1) is 12.5. The van der Waals surface area contributed by atoms with Gasteiger partial charge in [-0.3, -0.25) is 4.98 Å². The van der Waals surface area contributed by atoms with Crippen LogP contribution in [0.3, 0.4) is 0 Å². The maximum absolute atomic E-state index is 5.17. The number of nitrogens with one attached hydrogen (secondary N) is 1. The predicted octanol–water partition coefficient (Wildman–Crippen LogP) is 2.93. The smallest absolute Gasteiger partial charge is 0.0666 e. The lowest BCUT2D eigenvalue weighted by Crippen LogP contribution is -2.30. The van der Waals surface area contributed by atoms with E-state index in [4.69, 9.17) is 4.74 Å². The summed E-state index contributed by atoms with van der Waals surface area (Å²) in [4.78, 5) is 4.11. The van der Waals surface area contributed by atoms with E-state index in [2.05, 4.69) is 40.1 Å². The summed E-state index contributed by atoms with van der Waals surface area (Å²) < 4.78 is 6.15. The van der Waals surface area contributed by atoms with Gasteiger partial charge in [-0.1, -0.05) is 13.8 Å². The molecule has 0 radical (unpaired) electrons. The van der Waals surface area contributed by atoms with E-state index in [1.165, 1.54) is 0 Å². The number of hydrogen-bond acceptors (Lipinski definition) is 3. The van der Waals surface area contributed by atoms with Crippen LogP contribution in [0, 0.1) is 5.92 Å². The van der Waals surface area contributed by atoms with Crippen LogP contribution >= 0.6 is 15.9 Å². The summed E-state index contributed by atoms with van der Waals surface area (Å²) in [6.45, 7) is 5.04. The summed E-state index contributed by atoms with van der Waals surface area (Å²) in [5, 5.41) is 3.40. The lowest BCUT2D eigenvalue weighted by atomic mass is 10.1. The fraction of sp³-hybridized carbons (Fsp3) is 0.545. The lowest BCUT2D eigenvalue weighted by Gasteiger charge is -2.22. The quantitative estimate of drug-likeness (QED) is 0.895. The Labute approximate surface area is 99.4 Å². The Hall–Kier alpha value is -0.610. The van der Waals surface area contributed by atoms with Gasteiger partial charge in [-0.2, -0.15) is 0 Å². The van der Waals surface area contributed by atoms with Crippen LogP contribution in [0.4, 0.5) is 5.69 Å². The maximum Gasteiger partial charge on any atom is 0.0666 e. The Morgan fingerprint density at radius 3 is 2.73 bits per heavy atom. The number of pyridine rings is 1. The second-order valence-electron chi connectivity index (χ2n) is 3.84. The van der Waals surface area contributed by atoms with Crippen molar-refractivity contribution in [3.05, 3.63) is 22.9 Å². The Morgan fingerprint density at radius 1 is 1.47 bits per heavy atom. The van der Waals surface area contributed by atoms with Gasteiger partial charge in [0.25, 0.3) is 0 Å². The molecule has 0 aliphatic carbocycles. The molecule has 1 heterocycles. The van der Waals surface area contributed by atoms with Crippen LogP contribution in [0.25, 0.3) is 0 Å². The van der Waals surface area contributed by atoms with Gasteiger partial charge in [0.05, 0.1) is 24.5 Å². The van der Waals surface area contributed by atoms with E-state index < -0.39 is 0 Å². The van der Waals surface area contributed by atoms with Gasteiger partial charge in [-0.05, 0) is 27.9 Å². The Morgan fingerprint density at radius 2 is 2.20 bits per heavy atom. The van der Waals surface area contributed by atoms with Crippen LogP contribution in [0.15, 0.2) is 22.9 Å². The Kier molecular flexibility index (Phi) is 5.05. The van der Waals surface area contributed by atoms with E-state index in [0.29, 0.717) is 18.6 Å². The Bertz CT molecular complexity index is 304. The van der Waals surface area contributed by atoms with Crippen LogP contribution < -0.4 is 5.32 Å². The molecule has 0 saturated heterocycles. The molecule has 1 N–H and O–H groups in total. The first-order chi connectivity index (χ1) is 7.13. The minimum Gasteiger partial charge on any atom is -0.383 e. The van der Waals surface area contributed by atoms with Crippen LogP contribution in [0.5, 0.6) is 0 Å². The molecule has 0 spiro atoms. The summed E-state index contributed by atoms with van der Waals surface area (Å²) in [5.41, 5.74) is 1.01. The molecule has 1 atom stereocenters. The molecule has 0 amide bonds. The first-order valence-electron chi connectivity index (χ1n) is 4.99. The van der Waals surface area contributed by atoms with Crippen LogP contribution in [0.2, 0.25) is 0 Å². The molecule has 4 heteroatoms. The third-order valence-electron chi connectivity index (χ3n) is 2.21. The monoisotopic (exact) mass is 272 g/mol. The van der Waals surface area contributed by atoms with Gasteiger partial charge in [-0.15, -0.1) is 0 Å². The molecule has 0 fully saturated rings. The third-order valence-corrected chi connectivity index (χ3v) is 2.64. The van der Waals surface area contributed by atoms with Gasteiger partial charge in [0.15, 0.2) is 0 Å². The van der Waals surface area contributed by atoms with Crippen molar-refractivity contribution in [1.82, 2.24) is 4.98 Å². The van der Waals surface area contributed by atoms with Gasteiger partial charge >= 0.3 is 0 Å². The predicted molar refractivity (Wildman–Crippen MR) is 66.1 cm³/mol. The van der Waals surface area contributed by atoms with Gasteiger partial charge in [-0.25, -0.2) is 0 Å². The highest BCUT2D eigenvalue weighted by molar-refractivity contribution is 9.10. The number of ether oxygens (including phenoxy) is 1. The van der Waals surface area contributed by atoms with Crippen molar-refractivity contribution in [3.8, 4) is 0 Å². The number of methoxy groups -OCH3 is 1. The van der Waals surface area contributed by atoms with Crippen molar-refractivity contribution in [2.24, 2.45) is 5.92 Å². The van der Waals surface area contributed by atoms with Crippen molar-refractivity contribution in [1.29, 1.82) is 0 Å². The van der Waals surface area contributed by atoms with Gasteiger partial charge in [0, 0.05) is 17.8 Å². The molecule has 3 nitrogen and oxygen atoms in total.